The lowest BCUT2D eigenvalue weighted by Crippen LogP contribution is -2.14. The van der Waals surface area contributed by atoms with Crippen LogP contribution in [0.3, 0.4) is 0 Å². The molecule has 3 heteroatoms. The number of benzene rings is 1. The van der Waals surface area contributed by atoms with Crippen molar-refractivity contribution < 1.29 is 9.53 Å². The van der Waals surface area contributed by atoms with Crippen molar-refractivity contribution in [1.29, 1.82) is 0 Å². The maximum Gasteiger partial charge on any atom is 0.131 e. The highest BCUT2D eigenvalue weighted by Crippen LogP contribution is 2.33. The first kappa shape index (κ1) is 14.6. The van der Waals surface area contributed by atoms with E-state index in [4.69, 9.17) is 4.74 Å². The molecule has 3 nitrogen and oxygen atoms in total. The highest BCUT2D eigenvalue weighted by atomic mass is 16.5. The fraction of sp³-hybridized carbons (Fsp3) is 0.533. The summed E-state index contributed by atoms with van der Waals surface area (Å²) in [5.41, 5.74) is 2.23. The Balaban J connectivity index is 2.86. The van der Waals surface area contributed by atoms with Gasteiger partial charge in [0.05, 0.1) is 7.11 Å². The minimum atomic E-state index is 0.0314. The minimum Gasteiger partial charge on any atom is -0.496 e. The number of carbonyl (C=O) groups excluding carboxylic acids is 1. The molecule has 0 saturated carbocycles. The molecule has 1 aromatic carbocycles. The molecule has 0 spiro atoms. The average Bonchev–Trinajstić information content (AvgIpc) is 2.27. The summed E-state index contributed by atoms with van der Waals surface area (Å²) in [6, 6.07) is 6.05. The summed E-state index contributed by atoms with van der Waals surface area (Å²) < 4.78 is 5.39. The van der Waals surface area contributed by atoms with E-state index in [1.165, 1.54) is 0 Å². The number of methoxy groups -OCH3 is 1. The van der Waals surface area contributed by atoms with Gasteiger partial charge in [-0.15, -0.1) is 0 Å². The van der Waals surface area contributed by atoms with Gasteiger partial charge in [0.15, 0.2) is 0 Å². The standard InChI is InChI=1S/C15H23NO2/c1-11(17)8-9-16-12-6-7-14(18-5)13(10-12)15(2,3)4/h6-7,10,16H,8-9H2,1-5H3. The summed E-state index contributed by atoms with van der Waals surface area (Å²) >= 11 is 0. The third-order valence-electron chi connectivity index (χ3n) is 2.81. The van der Waals surface area contributed by atoms with Crippen LogP contribution in [0.15, 0.2) is 18.2 Å². The van der Waals surface area contributed by atoms with Crippen LogP contribution < -0.4 is 10.1 Å². The van der Waals surface area contributed by atoms with Crippen LogP contribution in [0.25, 0.3) is 0 Å². The highest BCUT2D eigenvalue weighted by molar-refractivity contribution is 5.76. The zero-order chi connectivity index (χ0) is 13.8. The van der Waals surface area contributed by atoms with E-state index in [-0.39, 0.29) is 11.2 Å². The Labute approximate surface area is 110 Å². The summed E-state index contributed by atoms with van der Waals surface area (Å²) in [6.07, 6.45) is 0.552. The Morgan fingerprint density at radius 3 is 2.50 bits per heavy atom. The fourth-order valence-electron chi connectivity index (χ4n) is 1.79. The second kappa shape index (κ2) is 5.89. The van der Waals surface area contributed by atoms with E-state index in [2.05, 4.69) is 32.2 Å². The summed E-state index contributed by atoms with van der Waals surface area (Å²) in [4.78, 5) is 10.9. The van der Waals surface area contributed by atoms with Gasteiger partial charge in [-0.25, -0.2) is 0 Å². The van der Waals surface area contributed by atoms with E-state index in [1.807, 2.05) is 12.1 Å². The van der Waals surface area contributed by atoms with Gasteiger partial charge in [0, 0.05) is 24.2 Å². The first-order valence-electron chi connectivity index (χ1n) is 6.26. The van der Waals surface area contributed by atoms with Crippen molar-refractivity contribution >= 4 is 11.5 Å². The number of hydrogen-bond donors (Lipinski definition) is 1. The molecule has 0 aliphatic rings. The third kappa shape index (κ3) is 4.06. The predicted octanol–water partition coefficient (Wildman–Crippen LogP) is 3.38. The van der Waals surface area contributed by atoms with Crippen LogP contribution >= 0.6 is 0 Å². The molecular formula is C15H23NO2. The fourth-order valence-corrected chi connectivity index (χ4v) is 1.79. The highest BCUT2D eigenvalue weighted by Gasteiger charge is 2.19. The monoisotopic (exact) mass is 249 g/mol. The summed E-state index contributed by atoms with van der Waals surface area (Å²) in [6.45, 7) is 8.75. The van der Waals surface area contributed by atoms with Crippen molar-refractivity contribution in [1.82, 2.24) is 0 Å². The third-order valence-corrected chi connectivity index (χ3v) is 2.81. The van der Waals surface area contributed by atoms with Gasteiger partial charge >= 0.3 is 0 Å². The smallest absolute Gasteiger partial charge is 0.131 e. The molecular weight excluding hydrogens is 226 g/mol. The van der Waals surface area contributed by atoms with Crippen LogP contribution in [0.2, 0.25) is 0 Å². The molecule has 0 radical (unpaired) electrons. The number of carbonyl (C=O) groups is 1. The lowest BCUT2D eigenvalue weighted by Gasteiger charge is -2.23. The van der Waals surface area contributed by atoms with Crippen molar-refractivity contribution in [3.8, 4) is 5.75 Å². The van der Waals surface area contributed by atoms with Crippen molar-refractivity contribution in [2.24, 2.45) is 0 Å². The van der Waals surface area contributed by atoms with Gasteiger partial charge in [0.25, 0.3) is 0 Å². The Morgan fingerprint density at radius 2 is 2.00 bits per heavy atom. The Kier molecular flexibility index (Phi) is 4.76. The molecule has 100 valence electrons. The molecule has 1 N–H and O–H groups in total. The van der Waals surface area contributed by atoms with Gasteiger partial charge < -0.3 is 10.1 Å². The predicted molar refractivity (Wildman–Crippen MR) is 75.5 cm³/mol. The van der Waals surface area contributed by atoms with Crippen LogP contribution in [-0.2, 0) is 10.2 Å². The van der Waals surface area contributed by atoms with Crippen LogP contribution in [0, 0.1) is 0 Å². The number of Topliss-reactive ketones (excluding diaryl/α,β-unsaturated/α-hetero) is 1. The molecule has 0 fully saturated rings. The Bertz CT molecular complexity index is 419. The van der Waals surface area contributed by atoms with Gasteiger partial charge in [-0.3, -0.25) is 4.79 Å². The summed E-state index contributed by atoms with van der Waals surface area (Å²) in [5, 5.41) is 3.26. The van der Waals surface area contributed by atoms with E-state index in [9.17, 15) is 4.79 Å². The van der Waals surface area contributed by atoms with Crippen LogP contribution in [0.4, 0.5) is 5.69 Å². The van der Waals surface area contributed by atoms with Gasteiger partial charge in [-0.2, -0.15) is 0 Å². The Hall–Kier alpha value is -1.51. The van der Waals surface area contributed by atoms with Crippen molar-refractivity contribution in [2.75, 3.05) is 19.0 Å². The zero-order valence-electron chi connectivity index (χ0n) is 12.0. The second-order valence-corrected chi connectivity index (χ2v) is 5.54. The molecule has 0 aliphatic carbocycles. The second-order valence-electron chi connectivity index (χ2n) is 5.54. The van der Waals surface area contributed by atoms with Crippen molar-refractivity contribution in [3.05, 3.63) is 23.8 Å². The molecule has 18 heavy (non-hydrogen) atoms. The van der Waals surface area contributed by atoms with E-state index in [0.717, 1.165) is 17.0 Å². The number of nitrogens with one attached hydrogen (secondary N) is 1. The first-order valence-corrected chi connectivity index (χ1v) is 6.26. The Morgan fingerprint density at radius 1 is 1.33 bits per heavy atom. The van der Waals surface area contributed by atoms with Crippen LogP contribution in [-0.4, -0.2) is 19.4 Å². The summed E-state index contributed by atoms with van der Waals surface area (Å²) in [7, 11) is 1.69. The molecule has 0 aliphatic heterocycles. The molecule has 0 bridgehead atoms. The van der Waals surface area contributed by atoms with Gasteiger partial charge in [0.2, 0.25) is 0 Å². The SMILES string of the molecule is COc1ccc(NCCC(C)=O)cc1C(C)(C)C. The van der Waals surface area contributed by atoms with E-state index in [0.29, 0.717) is 13.0 Å². The van der Waals surface area contributed by atoms with E-state index >= 15 is 0 Å². The molecule has 0 aromatic heterocycles. The number of hydrogen-bond acceptors (Lipinski definition) is 3. The molecule has 0 heterocycles. The van der Waals surface area contributed by atoms with Crippen molar-refractivity contribution in [2.45, 2.75) is 39.5 Å². The lowest BCUT2D eigenvalue weighted by molar-refractivity contribution is -0.116. The summed E-state index contributed by atoms with van der Waals surface area (Å²) in [5.74, 6) is 1.10. The van der Waals surface area contributed by atoms with E-state index < -0.39 is 0 Å². The zero-order valence-corrected chi connectivity index (χ0v) is 12.0. The molecule has 0 amide bonds. The van der Waals surface area contributed by atoms with Crippen molar-refractivity contribution in [3.63, 3.8) is 0 Å². The number of anilines is 1. The number of rotatable bonds is 5. The maximum atomic E-state index is 10.9. The number of ketones is 1. The number of ether oxygens (including phenoxy) is 1. The molecule has 0 atom stereocenters. The van der Waals surface area contributed by atoms with Crippen LogP contribution in [0.1, 0.15) is 39.7 Å². The first-order chi connectivity index (χ1) is 8.34. The lowest BCUT2D eigenvalue weighted by atomic mass is 9.86. The average molecular weight is 249 g/mol. The molecule has 0 unspecified atom stereocenters. The van der Waals surface area contributed by atoms with E-state index in [1.54, 1.807) is 14.0 Å². The molecule has 1 rings (SSSR count). The normalized spacial score (nSPS) is 11.2. The van der Waals surface area contributed by atoms with Gasteiger partial charge in [0.1, 0.15) is 11.5 Å². The minimum absolute atomic E-state index is 0.0314. The van der Waals surface area contributed by atoms with Gasteiger partial charge in [-0.1, -0.05) is 20.8 Å². The van der Waals surface area contributed by atoms with Gasteiger partial charge in [-0.05, 0) is 30.5 Å². The molecule has 1 aromatic rings. The van der Waals surface area contributed by atoms with Crippen LogP contribution in [0.5, 0.6) is 5.75 Å². The molecule has 0 saturated heterocycles. The topological polar surface area (TPSA) is 38.3 Å². The quantitative estimate of drug-likeness (QED) is 0.869. The maximum absolute atomic E-state index is 10.9. The largest absolute Gasteiger partial charge is 0.496 e.